The molecule has 3 aliphatic heterocycles. The van der Waals surface area contributed by atoms with Crippen LogP contribution in [0.2, 0.25) is 0 Å². The lowest BCUT2D eigenvalue weighted by molar-refractivity contribution is -0.120. The Hall–Kier alpha value is -3.88. The van der Waals surface area contributed by atoms with Crippen LogP contribution in [-0.2, 0) is 14.4 Å². The first-order chi connectivity index (χ1) is 14.9. The van der Waals surface area contributed by atoms with E-state index in [1.165, 1.54) is 4.90 Å². The highest BCUT2D eigenvalue weighted by molar-refractivity contribution is 6.11. The minimum atomic E-state index is -0.905. The summed E-state index contributed by atoms with van der Waals surface area (Å²) in [6.45, 7) is 1.54. The molecule has 2 N–H and O–H groups in total. The van der Waals surface area contributed by atoms with Gasteiger partial charge in [0, 0.05) is 12.1 Å². The maximum absolute atomic E-state index is 13.2. The van der Waals surface area contributed by atoms with E-state index in [0.717, 1.165) is 0 Å². The molecule has 9 nitrogen and oxygen atoms in total. The average Bonchev–Trinajstić information content (AvgIpc) is 3.06. The SMILES string of the molecule is CC12CCC(=O)N1c1ccccc1C(=O)N2CC(=O)Nc1ccc2c(c1)NC(=O)CO2. The van der Waals surface area contributed by atoms with E-state index in [-0.39, 0.29) is 30.9 Å². The number of nitrogens with one attached hydrogen (secondary N) is 2. The second-order valence-electron chi connectivity index (χ2n) is 7.95. The number of rotatable bonds is 3. The molecule has 0 radical (unpaired) electrons. The number of benzene rings is 2. The molecule has 0 aromatic heterocycles. The molecule has 1 saturated heterocycles. The molecular formula is C22H20N4O5. The van der Waals surface area contributed by atoms with E-state index in [4.69, 9.17) is 4.74 Å². The summed E-state index contributed by atoms with van der Waals surface area (Å²) in [5, 5.41) is 5.45. The van der Waals surface area contributed by atoms with Crippen molar-refractivity contribution in [3.8, 4) is 5.75 Å². The van der Waals surface area contributed by atoms with Crippen molar-refractivity contribution in [2.75, 3.05) is 28.7 Å². The third-order valence-electron chi connectivity index (χ3n) is 5.94. The standard InChI is InChI=1S/C22H20N4O5/c1-22-9-8-20(29)26(22)16-5-3-2-4-14(16)21(30)25(22)11-18(27)23-13-6-7-17-15(10-13)24-19(28)12-31-17/h2-7,10H,8-9,11-12H2,1H3,(H,23,27)(H,24,28). The first-order valence-electron chi connectivity index (χ1n) is 9.97. The zero-order chi connectivity index (χ0) is 21.8. The van der Waals surface area contributed by atoms with Crippen LogP contribution in [-0.4, -0.2) is 47.3 Å². The quantitative estimate of drug-likeness (QED) is 0.789. The number of ether oxygens (including phenoxy) is 1. The highest BCUT2D eigenvalue weighted by atomic mass is 16.5. The van der Waals surface area contributed by atoms with Gasteiger partial charge in [-0.2, -0.15) is 0 Å². The molecule has 1 unspecified atom stereocenters. The fourth-order valence-corrected chi connectivity index (χ4v) is 4.45. The van der Waals surface area contributed by atoms with Crippen LogP contribution in [0, 0.1) is 0 Å². The predicted octanol–water partition coefficient (Wildman–Crippen LogP) is 1.95. The molecule has 4 amide bonds. The van der Waals surface area contributed by atoms with Gasteiger partial charge in [0.2, 0.25) is 11.8 Å². The number of anilines is 3. The van der Waals surface area contributed by atoms with Crippen molar-refractivity contribution < 1.29 is 23.9 Å². The van der Waals surface area contributed by atoms with Gasteiger partial charge in [-0.3, -0.25) is 24.1 Å². The Bertz CT molecular complexity index is 1150. The van der Waals surface area contributed by atoms with E-state index in [2.05, 4.69) is 10.6 Å². The van der Waals surface area contributed by atoms with Gasteiger partial charge in [-0.05, 0) is 43.7 Å². The molecule has 9 heteroatoms. The normalized spacial score (nSPS) is 21.6. The van der Waals surface area contributed by atoms with Crippen LogP contribution < -0.4 is 20.3 Å². The molecule has 2 aromatic rings. The van der Waals surface area contributed by atoms with Crippen LogP contribution in [0.1, 0.15) is 30.1 Å². The lowest BCUT2D eigenvalue weighted by atomic mass is 9.98. The van der Waals surface area contributed by atoms with Gasteiger partial charge in [0.1, 0.15) is 18.0 Å². The summed E-state index contributed by atoms with van der Waals surface area (Å²) in [5.74, 6) is -0.514. The molecule has 0 aliphatic carbocycles. The first kappa shape index (κ1) is 19.1. The van der Waals surface area contributed by atoms with Crippen molar-refractivity contribution in [2.24, 2.45) is 0 Å². The van der Waals surface area contributed by atoms with E-state index in [9.17, 15) is 19.2 Å². The molecule has 0 spiro atoms. The predicted molar refractivity (Wildman–Crippen MR) is 112 cm³/mol. The maximum Gasteiger partial charge on any atom is 0.262 e. The van der Waals surface area contributed by atoms with Crippen LogP contribution in [0.15, 0.2) is 42.5 Å². The molecule has 158 valence electrons. The van der Waals surface area contributed by atoms with Crippen molar-refractivity contribution >= 4 is 40.7 Å². The van der Waals surface area contributed by atoms with Crippen LogP contribution >= 0.6 is 0 Å². The van der Waals surface area contributed by atoms with Gasteiger partial charge in [-0.15, -0.1) is 0 Å². The monoisotopic (exact) mass is 420 g/mol. The van der Waals surface area contributed by atoms with Crippen LogP contribution in [0.3, 0.4) is 0 Å². The summed E-state index contributed by atoms with van der Waals surface area (Å²) < 4.78 is 5.32. The number of hydrogen-bond donors (Lipinski definition) is 2. The second-order valence-corrected chi connectivity index (χ2v) is 7.95. The lowest BCUT2D eigenvalue weighted by Crippen LogP contribution is -2.63. The van der Waals surface area contributed by atoms with E-state index in [0.29, 0.717) is 41.2 Å². The summed E-state index contributed by atoms with van der Waals surface area (Å²) in [6, 6.07) is 11.9. The summed E-state index contributed by atoms with van der Waals surface area (Å²) in [7, 11) is 0. The highest BCUT2D eigenvalue weighted by Crippen LogP contribution is 2.43. The van der Waals surface area contributed by atoms with Crippen LogP contribution in [0.5, 0.6) is 5.75 Å². The number of carbonyl (C=O) groups is 4. The second kappa shape index (κ2) is 6.83. The molecule has 3 aliphatic rings. The van der Waals surface area contributed by atoms with Crippen molar-refractivity contribution in [3.05, 3.63) is 48.0 Å². The zero-order valence-corrected chi connectivity index (χ0v) is 16.8. The van der Waals surface area contributed by atoms with Gasteiger partial charge in [0.15, 0.2) is 6.61 Å². The highest BCUT2D eigenvalue weighted by Gasteiger charge is 2.53. The number of nitrogens with zero attached hydrogens (tertiary/aromatic N) is 2. The molecule has 1 atom stereocenters. The minimum Gasteiger partial charge on any atom is -0.482 e. The van der Waals surface area contributed by atoms with Gasteiger partial charge in [-0.25, -0.2) is 0 Å². The molecule has 5 rings (SSSR count). The number of para-hydroxylation sites is 1. The van der Waals surface area contributed by atoms with E-state index in [1.54, 1.807) is 47.4 Å². The van der Waals surface area contributed by atoms with E-state index in [1.807, 2.05) is 6.92 Å². The Kier molecular flexibility index (Phi) is 4.21. The third kappa shape index (κ3) is 3.00. The molecule has 2 aromatic carbocycles. The molecule has 0 bridgehead atoms. The Labute approximate surface area is 177 Å². The van der Waals surface area contributed by atoms with Gasteiger partial charge in [0.05, 0.1) is 16.9 Å². The molecule has 3 heterocycles. The van der Waals surface area contributed by atoms with E-state index >= 15 is 0 Å². The van der Waals surface area contributed by atoms with Gasteiger partial charge >= 0.3 is 0 Å². The molecule has 1 fully saturated rings. The summed E-state index contributed by atoms with van der Waals surface area (Å²) >= 11 is 0. The van der Waals surface area contributed by atoms with Crippen LogP contribution in [0.25, 0.3) is 0 Å². The van der Waals surface area contributed by atoms with Crippen molar-refractivity contribution in [1.82, 2.24) is 4.90 Å². The number of fused-ring (bicyclic) bond motifs is 4. The zero-order valence-electron chi connectivity index (χ0n) is 16.8. The topological polar surface area (TPSA) is 108 Å². The molecular weight excluding hydrogens is 400 g/mol. The fourth-order valence-electron chi connectivity index (χ4n) is 4.45. The lowest BCUT2D eigenvalue weighted by Gasteiger charge is -2.48. The number of carbonyl (C=O) groups excluding carboxylic acids is 4. The van der Waals surface area contributed by atoms with Gasteiger partial charge in [0.25, 0.3) is 11.8 Å². The number of hydrogen-bond acceptors (Lipinski definition) is 5. The summed E-state index contributed by atoms with van der Waals surface area (Å²) in [6.07, 6.45) is 0.752. The van der Waals surface area contributed by atoms with Crippen molar-refractivity contribution in [1.29, 1.82) is 0 Å². The maximum atomic E-state index is 13.2. The summed E-state index contributed by atoms with van der Waals surface area (Å²) in [4.78, 5) is 53.3. The smallest absolute Gasteiger partial charge is 0.262 e. The minimum absolute atomic E-state index is 0.0505. The largest absolute Gasteiger partial charge is 0.482 e. The average molecular weight is 420 g/mol. The third-order valence-corrected chi connectivity index (χ3v) is 5.94. The summed E-state index contributed by atoms with van der Waals surface area (Å²) in [5.41, 5.74) is 1.01. The number of amides is 4. The first-order valence-corrected chi connectivity index (χ1v) is 9.97. The van der Waals surface area contributed by atoms with E-state index < -0.39 is 11.6 Å². The van der Waals surface area contributed by atoms with Gasteiger partial charge < -0.3 is 20.3 Å². The van der Waals surface area contributed by atoms with Crippen molar-refractivity contribution in [2.45, 2.75) is 25.4 Å². The Morgan fingerprint density at radius 3 is 2.84 bits per heavy atom. The Morgan fingerprint density at radius 2 is 2.00 bits per heavy atom. The van der Waals surface area contributed by atoms with Crippen LogP contribution in [0.4, 0.5) is 17.1 Å². The van der Waals surface area contributed by atoms with Gasteiger partial charge in [-0.1, -0.05) is 12.1 Å². The molecule has 0 saturated carbocycles. The Morgan fingerprint density at radius 1 is 1.19 bits per heavy atom. The Balaban J connectivity index is 1.40. The molecule has 31 heavy (non-hydrogen) atoms. The van der Waals surface area contributed by atoms with Crippen molar-refractivity contribution in [3.63, 3.8) is 0 Å². The fraction of sp³-hybridized carbons (Fsp3) is 0.273.